The van der Waals surface area contributed by atoms with Gasteiger partial charge in [-0.1, -0.05) is 24.3 Å². The van der Waals surface area contributed by atoms with Crippen molar-refractivity contribution in [2.75, 3.05) is 13.1 Å². The molecule has 0 unspecified atom stereocenters. The van der Waals surface area contributed by atoms with Crippen molar-refractivity contribution < 1.29 is 8.42 Å². The molecule has 0 atom stereocenters. The van der Waals surface area contributed by atoms with Crippen LogP contribution in [-0.4, -0.2) is 45.3 Å². The minimum absolute atomic E-state index is 0.326. The van der Waals surface area contributed by atoms with Gasteiger partial charge < -0.3 is 4.57 Å². The lowest BCUT2D eigenvalue weighted by molar-refractivity contribution is 0.477. The highest BCUT2D eigenvalue weighted by Gasteiger charge is 2.27. The van der Waals surface area contributed by atoms with E-state index < -0.39 is 10.0 Å². The Kier molecular flexibility index (Phi) is 4.67. The second-order valence-electron chi connectivity index (χ2n) is 8.57. The first-order valence-electron chi connectivity index (χ1n) is 11.1. The molecule has 2 aromatic carbocycles. The number of imidazole rings is 1. The van der Waals surface area contributed by atoms with Crippen molar-refractivity contribution in [3.05, 3.63) is 78.0 Å². The molecule has 2 aliphatic rings. The van der Waals surface area contributed by atoms with Crippen molar-refractivity contribution in [3.8, 4) is 11.3 Å². The van der Waals surface area contributed by atoms with E-state index in [2.05, 4.69) is 28.2 Å². The van der Waals surface area contributed by atoms with E-state index in [1.54, 1.807) is 22.6 Å². The summed E-state index contributed by atoms with van der Waals surface area (Å²) in [6.45, 7) is 1.19. The van der Waals surface area contributed by atoms with Gasteiger partial charge in [-0.2, -0.15) is 4.31 Å². The Morgan fingerprint density at radius 3 is 2.48 bits per heavy atom. The number of fused-ring (bicyclic) bond motifs is 2. The minimum Gasteiger partial charge on any atom is -0.334 e. The summed E-state index contributed by atoms with van der Waals surface area (Å²) >= 11 is 0. The van der Waals surface area contributed by atoms with Gasteiger partial charge in [-0.15, -0.1) is 0 Å². The third kappa shape index (κ3) is 3.37. The van der Waals surface area contributed by atoms with E-state index in [9.17, 15) is 8.42 Å². The van der Waals surface area contributed by atoms with Crippen LogP contribution < -0.4 is 0 Å². The molecule has 3 heterocycles. The SMILES string of the molecule is Cn1cnc2ccc(C3=CCc4ncc(-c5ccc(S(=O)(=O)N6CCCC6)cc5)nc43)cc21. The molecule has 8 heteroatoms. The van der Waals surface area contributed by atoms with Crippen molar-refractivity contribution in [2.45, 2.75) is 24.2 Å². The largest absolute Gasteiger partial charge is 0.334 e. The van der Waals surface area contributed by atoms with Gasteiger partial charge >= 0.3 is 0 Å². The standard InChI is InChI=1S/C25H23N5O2S/c1-29-16-27-21-10-6-18(14-24(21)29)20-9-11-22-25(20)28-23(15-26-22)17-4-7-19(8-5-17)33(31,32)30-12-2-3-13-30/h4-10,14-16H,2-3,11-13H2,1H3. The zero-order chi connectivity index (χ0) is 22.6. The third-order valence-electron chi connectivity index (χ3n) is 6.49. The predicted molar refractivity (Wildman–Crippen MR) is 127 cm³/mol. The monoisotopic (exact) mass is 457 g/mol. The van der Waals surface area contributed by atoms with Gasteiger partial charge in [0.1, 0.15) is 0 Å². The van der Waals surface area contributed by atoms with Gasteiger partial charge in [-0.25, -0.2) is 18.4 Å². The molecule has 0 bridgehead atoms. The lowest BCUT2D eigenvalue weighted by Crippen LogP contribution is -2.27. The van der Waals surface area contributed by atoms with Crippen LogP contribution in [0.3, 0.4) is 0 Å². The Morgan fingerprint density at radius 1 is 0.939 bits per heavy atom. The van der Waals surface area contributed by atoms with Crippen LogP contribution in [0.25, 0.3) is 27.9 Å². The highest BCUT2D eigenvalue weighted by atomic mass is 32.2. The molecule has 6 rings (SSSR count). The summed E-state index contributed by atoms with van der Waals surface area (Å²) in [6.07, 6.45) is 8.34. The molecule has 0 radical (unpaired) electrons. The fraction of sp³-hybridized carbons (Fsp3) is 0.240. The van der Waals surface area contributed by atoms with Crippen LogP contribution >= 0.6 is 0 Å². The van der Waals surface area contributed by atoms with E-state index >= 15 is 0 Å². The highest BCUT2D eigenvalue weighted by Crippen LogP contribution is 2.33. The molecular formula is C25H23N5O2S. The molecule has 2 aromatic heterocycles. The molecular weight excluding hydrogens is 434 g/mol. The number of nitrogens with zero attached hydrogens (tertiary/aromatic N) is 5. The van der Waals surface area contributed by atoms with Crippen LogP contribution in [0.4, 0.5) is 0 Å². The lowest BCUT2D eigenvalue weighted by Gasteiger charge is -2.15. The summed E-state index contributed by atoms with van der Waals surface area (Å²) in [5, 5.41) is 0. The van der Waals surface area contributed by atoms with Crippen molar-refractivity contribution >= 4 is 26.6 Å². The molecule has 0 amide bonds. The van der Waals surface area contributed by atoms with E-state index in [1.165, 1.54) is 0 Å². The van der Waals surface area contributed by atoms with Crippen LogP contribution in [0.1, 0.15) is 29.8 Å². The van der Waals surface area contributed by atoms with Gasteiger partial charge in [-0.05, 0) is 42.7 Å². The Morgan fingerprint density at radius 2 is 1.70 bits per heavy atom. The Labute approximate surface area is 192 Å². The van der Waals surface area contributed by atoms with Gasteiger partial charge in [0.25, 0.3) is 0 Å². The average Bonchev–Trinajstić information content (AvgIpc) is 3.59. The number of hydrogen-bond donors (Lipinski definition) is 0. The van der Waals surface area contributed by atoms with Crippen LogP contribution in [0.15, 0.2) is 66.0 Å². The molecule has 166 valence electrons. The van der Waals surface area contributed by atoms with Crippen molar-refractivity contribution in [2.24, 2.45) is 7.05 Å². The molecule has 1 aliphatic heterocycles. The fourth-order valence-electron chi connectivity index (χ4n) is 4.64. The number of aromatic nitrogens is 4. The maximum absolute atomic E-state index is 12.8. The van der Waals surface area contributed by atoms with Crippen LogP contribution in [-0.2, 0) is 23.5 Å². The number of benzene rings is 2. The third-order valence-corrected chi connectivity index (χ3v) is 8.41. The maximum atomic E-state index is 12.8. The second kappa shape index (κ2) is 7.60. The zero-order valence-corrected chi connectivity index (χ0v) is 19.1. The lowest BCUT2D eigenvalue weighted by atomic mass is 10.0. The van der Waals surface area contributed by atoms with Crippen LogP contribution in [0.5, 0.6) is 0 Å². The summed E-state index contributed by atoms with van der Waals surface area (Å²) < 4.78 is 29.2. The minimum atomic E-state index is -3.43. The first kappa shape index (κ1) is 20.3. The molecule has 0 N–H and O–H groups in total. The van der Waals surface area contributed by atoms with E-state index in [0.717, 1.165) is 64.1 Å². The fourth-order valence-corrected chi connectivity index (χ4v) is 6.15. The second-order valence-corrected chi connectivity index (χ2v) is 10.5. The van der Waals surface area contributed by atoms with E-state index in [-0.39, 0.29) is 0 Å². The number of rotatable bonds is 4. The van der Waals surface area contributed by atoms with Crippen molar-refractivity contribution in [1.29, 1.82) is 0 Å². The van der Waals surface area contributed by atoms with E-state index in [0.29, 0.717) is 18.0 Å². The first-order valence-corrected chi connectivity index (χ1v) is 12.5. The van der Waals surface area contributed by atoms with Gasteiger partial charge in [0.05, 0.1) is 45.5 Å². The summed E-state index contributed by atoms with van der Waals surface area (Å²) in [5.74, 6) is 0. The maximum Gasteiger partial charge on any atom is 0.243 e. The molecule has 0 spiro atoms. The Balaban J connectivity index is 1.33. The average molecular weight is 458 g/mol. The summed E-state index contributed by atoms with van der Waals surface area (Å²) in [6, 6.07) is 13.2. The topological polar surface area (TPSA) is 81.0 Å². The van der Waals surface area contributed by atoms with Gasteiger partial charge in [0.2, 0.25) is 10.0 Å². The molecule has 4 aromatic rings. The van der Waals surface area contributed by atoms with Crippen molar-refractivity contribution in [3.63, 3.8) is 0 Å². The van der Waals surface area contributed by atoms with Gasteiger partial charge in [-0.3, -0.25) is 4.98 Å². The Hall–Kier alpha value is -3.36. The number of hydrogen-bond acceptors (Lipinski definition) is 5. The molecule has 7 nitrogen and oxygen atoms in total. The number of aryl methyl sites for hydroxylation is 1. The number of sulfonamides is 1. The molecule has 33 heavy (non-hydrogen) atoms. The summed E-state index contributed by atoms with van der Waals surface area (Å²) in [5.41, 5.74) is 7.59. The molecule has 0 saturated carbocycles. The van der Waals surface area contributed by atoms with Crippen LogP contribution in [0.2, 0.25) is 0 Å². The normalized spacial score (nSPS) is 16.3. The summed E-state index contributed by atoms with van der Waals surface area (Å²) in [4.78, 5) is 14.3. The quantitative estimate of drug-likeness (QED) is 0.466. The van der Waals surface area contributed by atoms with Gasteiger partial charge in [0.15, 0.2) is 0 Å². The number of allylic oxidation sites excluding steroid dienone is 1. The highest BCUT2D eigenvalue weighted by molar-refractivity contribution is 7.89. The van der Waals surface area contributed by atoms with Crippen molar-refractivity contribution in [1.82, 2.24) is 23.8 Å². The molecule has 1 saturated heterocycles. The molecule has 1 fully saturated rings. The van der Waals surface area contributed by atoms with Crippen LogP contribution in [0, 0.1) is 0 Å². The predicted octanol–water partition coefficient (Wildman–Crippen LogP) is 3.80. The zero-order valence-electron chi connectivity index (χ0n) is 18.3. The Bertz CT molecular complexity index is 1510. The van der Waals surface area contributed by atoms with E-state index in [4.69, 9.17) is 4.98 Å². The first-order chi connectivity index (χ1) is 16.0. The summed E-state index contributed by atoms with van der Waals surface area (Å²) in [7, 11) is -1.44. The van der Waals surface area contributed by atoms with E-state index in [1.807, 2.05) is 36.1 Å². The molecule has 1 aliphatic carbocycles. The van der Waals surface area contributed by atoms with Gasteiger partial charge in [0, 0.05) is 37.7 Å². The smallest absolute Gasteiger partial charge is 0.243 e.